The van der Waals surface area contributed by atoms with Gasteiger partial charge in [0.2, 0.25) is 5.88 Å². The van der Waals surface area contributed by atoms with E-state index in [9.17, 15) is 0 Å². The third-order valence-corrected chi connectivity index (χ3v) is 3.08. The van der Waals surface area contributed by atoms with Crippen molar-refractivity contribution in [3.63, 3.8) is 0 Å². The quantitative estimate of drug-likeness (QED) is 0.814. The highest BCUT2D eigenvalue weighted by molar-refractivity contribution is 9.10. The summed E-state index contributed by atoms with van der Waals surface area (Å²) in [5.74, 6) is 0.915. The van der Waals surface area contributed by atoms with Crippen LogP contribution in [0.2, 0.25) is 0 Å². The average Bonchev–Trinajstić information content (AvgIpc) is 2.60. The molecule has 1 aliphatic rings. The van der Waals surface area contributed by atoms with Crippen LogP contribution in [-0.4, -0.2) is 30.2 Å². The van der Waals surface area contributed by atoms with Crippen LogP contribution < -0.4 is 5.73 Å². The van der Waals surface area contributed by atoms with Crippen molar-refractivity contribution >= 4 is 21.8 Å². The van der Waals surface area contributed by atoms with Gasteiger partial charge in [0.05, 0.1) is 5.56 Å². The lowest BCUT2D eigenvalue weighted by molar-refractivity contribution is 0.411. The van der Waals surface area contributed by atoms with Crippen molar-refractivity contribution in [2.24, 2.45) is 0 Å². The minimum Gasteiger partial charge on any atom is -0.367 e. The Balaban J connectivity index is 2.25. The van der Waals surface area contributed by atoms with Gasteiger partial charge in [-0.25, -0.2) is 0 Å². The molecule has 0 radical (unpaired) electrons. The van der Waals surface area contributed by atoms with Crippen molar-refractivity contribution in [3.8, 4) is 0 Å². The minimum absolute atomic E-state index is 0.451. The molecule has 13 heavy (non-hydrogen) atoms. The van der Waals surface area contributed by atoms with Gasteiger partial charge in [0, 0.05) is 12.5 Å². The summed E-state index contributed by atoms with van der Waals surface area (Å²) in [7, 11) is 2.11. The summed E-state index contributed by atoms with van der Waals surface area (Å²) >= 11 is 3.34. The molecule has 1 saturated heterocycles. The number of nitrogens with two attached hydrogens (primary N) is 1. The van der Waals surface area contributed by atoms with Gasteiger partial charge in [0.15, 0.2) is 4.60 Å². The maximum Gasteiger partial charge on any atom is 0.226 e. The highest BCUT2D eigenvalue weighted by atomic mass is 79.9. The lowest BCUT2D eigenvalue weighted by Crippen LogP contribution is -2.13. The molecule has 0 bridgehead atoms. The molecule has 1 atom stereocenters. The zero-order chi connectivity index (χ0) is 9.42. The summed E-state index contributed by atoms with van der Waals surface area (Å²) in [5, 5.41) is 3.78. The van der Waals surface area contributed by atoms with Crippen molar-refractivity contribution in [1.82, 2.24) is 10.1 Å². The van der Waals surface area contributed by atoms with Crippen LogP contribution in [0, 0.1) is 0 Å². The molecule has 0 aliphatic carbocycles. The van der Waals surface area contributed by atoms with Crippen LogP contribution >= 0.6 is 15.9 Å². The summed E-state index contributed by atoms with van der Waals surface area (Å²) in [6.07, 6.45) is 1.13. The first kappa shape index (κ1) is 9.02. The first-order valence-corrected chi connectivity index (χ1v) is 5.07. The third-order valence-electron chi connectivity index (χ3n) is 2.51. The minimum atomic E-state index is 0.451. The first-order valence-electron chi connectivity index (χ1n) is 4.27. The number of anilines is 1. The van der Waals surface area contributed by atoms with Crippen LogP contribution in [0.25, 0.3) is 0 Å². The molecule has 1 aromatic heterocycles. The predicted molar refractivity (Wildman–Crippen MR) is 53.5 cm³/mol. The second kappa shape index (κ2) is 3.31. The van der Waals surface area contributed by atoms with Gasteiger partial charge in [-0.15, -0.1) is 0 Å². The third kappa shape index (κ3) is 1.58. The van der Waals surface area contributed by atoms with Crippen LogP contribution in [0.4, 0.5) is 5.88 Å². The van der Waals surface area contributed by atoms with Crippen LogP contribution in [0.3, 0.4) is 0 Å². The molecule has 1 aromatic rings. The van der Waals surface area contributed by atoms with Crippen molar-refractivity contribution in [3.05, 3.63) is 10.2 Å². The molecule has 5 heteroatoms. The Morgan fingerprint density at radius 3 is 2.92 bits per heavy atom. The van der Waals surface area contributed by atoms with Gasteiger partial charge in [-0.3, -0.25) is 0 Å². The van der Waals surface area contributed by atoms with E-state index in [-0.39, 0.29) is 0 Å². The van der Waals surface area contributed by atoms with Gasteiger partial charge in [0.1, 0.15) is 0 Å². The monoisotopic (exact) mass is 245 g/mol. The highest BCUT2D eigenvalue weighted by Crippen LogP contribution is 2.35. The molecule has 1 fully saturated rings. The lowest BCUT2D eigenvalue weighted by Gasteiger charge is -2.08. The van der Waals surface area contributed by atoms with E-state index >= 15 is 0 Å². The lowest BCUT2D eigenvalue weighted by atomic mass is 10.0. The van der Waals surface area contributed by atoms with Gasteiger partial charge in [-0.2, -0.15) is 0 Å². The maximum atomic E-state index is 5.69. The fourth-order valence-corrected chi connectivity index (χ4v) is 2.42. The SMILES string of the molecule is CN1CCC(c2c(Br)noc2N)C1. The molecule has 2 N–H and O–H groups in total. The fraction of sp³-hybridized carbons (Fsp3) is 0.625. The number of likely N-dealkylation sites (tertiary alicyclic amines) is 1. The number of hydrogen-bond acceptors (Lipinski definition) is 4. The standard InChI is InChI=1S/C8H12BrN3O/c1-12-3-2-5(4-12)6-7(9)11-13-8(6)10/h5H,2-4,10H2,1H3. The van der Waals surface area contributed by atoms with E-state index in [4.69, 9.17) is 10.3 Å². The summed E-state index contributed by atoms with van der Waals surface area (Å²) in [4.78, 5) is 2.28. The molecular weight excluding hydrogens is 234 g/mol. The van der Waals surface area contributed by atoms with Gasteiger partial charge in [-0.05, 0) is 35.9 Å². The Kier molecular flexibility index (Phi) is 2.29. The number of hydrogen-bond donors (Lipinski definition) is 1. The van der Waals surface area contributed by atoms with E-state index in [0.717, 1.165) is 29.7 Å². The average molecular weight is 246 g/mol. The Morgan fingerprint density at radius 1 is 1.69 bits per heavy atom. The second-order valence-corrected chi connectivity index (χ2v) is 4.25. The van der Waals surface area contributed by atoms with E-state index < -0.39 is 0 Å². The Bertz CT molecular complexity index is 293. The van der Waals surface area contributed by atoms with Crippen LogP contribution in [0.15, 0.2) is 9.13 Å². The van der Waals surface area contributed by atoms with E-state index in [2.05, 4.69) is 33.0 Å². The zero-order valence-corrected chi connectivity index (χ0v) is 9.04. The molecule has 0 amide bonds. The van der Waals surface area contributed by atoms with Crippen LogP contribution in [-0.2, 0) is 0 Å². The molecule has 4 nitrogen and oxygen atoms in total. The fourth-order valence-electron chi connectivity index (χ4n) is 1.83. The van der Waals surface area contributed by atoms with E-state index in [0.29, 0.717) is 11.8 Å². The Labute approximate surface area is 85.2 Å². The molecule has 0 spiro atoms. The number of nitrogen functional groups attached to an aromatic ring is 1. The number of halogens is 1. The molecule has 1 aliphatic heterocycles. The highest BCUT2D eigenvalue weighted by Gasteiger charge is 2.27. The maximum absolute atomic E-state index is 5.69. The summed E-state index contributed by atoms with van der Waals surface area (Å²) < 4.78 is 5.66. The number of rotatable bonds is 1. The molecule has 0 saturated carbocycles. The van der Waals surface area contributed by atoms with Crippen molar-refractivity contribution in [1.29, 1.82) is 0 Å². The Morgan fingerprint density at radius 2 is 2.46 bits per heavy atom. The topological polar surface area (TPSA) is 55.3 Å². The molecule has 72 valence electrons. The van der Waals surface area contributed by atoms with Crippen LogP contribution in [0.5, 0.6) is 0 Å². The molecule has 0 aromatic carbocycles. The summed E-state index contributed by atoms with van der Waals surface area (Å²) in [6.45, 7) is 2.14. The molecular formula is C8H12BrN3O. The predicted octanol–water partition coefficient (Wildman–Crippen LogP) is 1.44. The molecule has 1 unspecified atom stereocenters. The molecule has 2 rings (SSSR count). The second-order valence-electron chi connectivity index (χ2n) is 3.50. The normalized spacial score (nSPS) is 24.0. The van der Waals surface area contributed by atoms with Gasteiger partial charge < -0.3 is 15.2 Å². The Hall–Kier alpha value is -0.550. The first-order chi connectivity index (χ1) is 6.18. The summed E-state index contributed by atoms with van der Waals surface area (Å²) in [6, 6.07) is 0. The van der Waals surface area contributed by atoms with Gasteiger partial charge in [0.25, 0.3) is 0 Å². The smallest absolute Gasteiger partial charge is 0.226 e. The van der Waals surface area contributed by atoms with E-state index in [1.807, 2.05) is 0 Å². The summed E-state index contributed by atoms with van der Waals surface area (Å²) in [5.41, 5.74) is 6.72. The number of aromatic nitrogens is 1. The van der Waals surface area contributed by atoms with E-state index in [1.165, 1.54) is 0 Å². The zero-order valence-electron chi connectivity index (χ0n) is 7.46. The number of likely N-dealkylation sites (N-methyl/N-ethyl adjacent to an activating group) is 1. The van der Waals surface area contributed by atoms with Crippen molar-refractivity contribution in [2.75, 3.05) is 25.9 Å². The van der Waals surface area contributed by atoms with Gasteiger partial charge in [-0.1, -0.05) is 5.16 Å². The van der Waals surface area contributed by atoms with Crippen LogP contribution in [0.1, 0.15) is 17.9 Å². The largest absolute Gasteiger partial charge is 0.367 e. The van der Waals surface area contributed by atoms with Crippen molar-refractivity contribution < 1.29 is 4.52 Å². The molecule has 2 heterocycles. The van der Waals surface area contributed by atoms with Crippen molar-refractivity contribution in [2.45, 2.75) is 12.3 Å². The number of nitrogens with zero attached hydrogens (tertiary/aromatic N) is 2. The van der Waals surface area contributed by atoms with E-state index in [1.54, 1.807) is 0 Å². The van der Waals surface area contributed by atoms with Gasteiger partial charge >= 0.3 is 0 Å².